The summed E-state index contributed by atoms with van der Waals surface area (Å²) < 4.78 is 33.7. The van der Waals surface area contributed by atoms with Crippen molar-refractivity contribution in [1.82, 2.24) is 0 Å². The van der Waals surface area contributed by atoms with Crippen LogP contribution in [-0.2, 0) is 11.3 Å². The standard InChI is InChI=1S/C25H36F2O/c1-3-4-20-7-9-21(10-8-20)17-25(26,27)28-18-22-11-15-24(16-12-22)23-13-5-19(2)6-14-23/h3-4,11-12,15-16,19-21,23H,5-10,13-14,17-18H2,1-2H3/b4-3+/t19-,20-,21-,23-. The molecule has 0 atom stereocenters. The number of halogens is 2. The summed E-state index contributed by atoms with van der Waals surface area (Å²) in [6.07, 6.45) is 9.97. The van der Waals surface area contributed by atoms with Crippen molar-refractivity contribution in [2.75, 3.05) is 0 Å². The van der Waals surface area contributed by atoms with E-state index in [1.165, 1.54) is 31.2 Å². The number of benzene rings is 1. The van der Waals surface area contributed by atoms with Crippen molar-refractivity contribution < 1.29 is 13.5 Å². The van der Waals surface area contributed by atoms with E-state index in [4.69, 9.17) is 4.74 Å². The van der Waals surface area contributed by atoms with Crippen LogP contribution in [0.3, 0.4) is 0 Å². The molecule has 2 saturated carbocycles. The van der Waals surface area contributed by atoms with Crippen LogP contribution in [0.2, 0.25) is 0 Å². The predicted octanol–water partition coefficient (Wildman–Crippen LogP) is 7.86. The Hall–Kier alpha value is -1.22. The molecule has 0 N–H and O–H groups in total. The molecular formula is C25H36F2O. The molecule has 2 aliphatic rings. The van der Waals surface area contributed by atoms with Crippen molar-refractivity contribution in [2.45, 2.75) is 90.3 Å². The van der Waals surface area contributed by atoms with Gasteiger partial charge in [-0.1, -0.05) is 56.2 Å². The summed E-state index contributed by atoms with van der Waals surface area (Å²) in [4.78, 5) is 0. The molecule has 0 aliphatic heterocycles. The van der Waals surface area contributed by atoms with E-state index >= 15 is 0 Å². The van der Waals surface area contributed by atoms with Crippen molar-refractivity contribution in [3.8, 4) is 0 Å². The van der Waals surface area contributed by atoms with Crippen molar-refractivity contribution >= 4 is 0 Å². The van der Waals surface area contributed by atoms with Gasteiger partial charge < -0.3 is 4.74 Å². The van der Waals surface area contributed by atoms with Gasteiger partial charge in [0.25, 0.3) is 0 Å². The SMILES string of the molecule is C/C=C/[C@H]1CC[C@H](CC(F)(F)OCc2ccc([C@H]3CC[C@H](C)CC3)cc2)CC1. The molecule has 2 fully saturated rings. The molecule has 28 heavy (non-hydrogen) atoms. The van der Waals surface area contributed by atoms with Gasteiger partial charge in [-0.25, -0.2) is 0 Å². The van der Waals surface area contributed by atoms with E-state index in [2.05, 4.69) is 31.2 Å². The maximum atomic E-state index is 14.3. The second kappa shape index (κ2) is 10.0. The van der Waals surface area contributed by atoms with Crippen LogP contribution in [0.5, 0.6) is 0 Å². The van der Waals surface area contributed by atoms with E-state index in [0.717, 1.165) is 37.2 Å². The van der Waals surface area contributed by atoms with Crippen LogP contribution in [0.15, 0.2) is 36.4 Å². The first-order valence-electron chi connectivity index (χ1n) is 11.2. The fourth-order valence-corrected chi connectivity index (χ4v) is 4.92. The molecule has 0 amide bonds. The Morgan fingerprint density at radius 3 is 2.21 bits per heavy atom. The minimum Gasteiger partial charge on any atom is -0.316 e. The number of allylic oxidation sites excluding steroid dienone is 2. The molecule has 1 aromatic rings. The fraction of sp³-hybridized carbons (Fsp3) is 0.680. The molecule has 2 aliphatic carbocycles. The Balaban J connectivity index is 1.44. The Labute approximate surface area is 169 Å². The zero-order valence-electron chi connectivity index (χ0n) is 17.5. The third kappa shape index (κ3) is 6.40. The molecule has 156 valence electrons. The molecule has 0 radical (unpaired) electrons. The Bertz CT molecular complexity index is 606. The van der Waals surface area contributed by atoms with Gasteiger partial charge in [0.05, 0.1) is 6.61 Å². The van der Waals surface area contributed by atoms with Crippen LogP contribution in [0.25, 0.3) is 0 Å². The molecule has 0 heterocycles. The second-order valence-electron chi connectivity index (χ2n) is 9.14. The van der Waals surface area contributed by atoms with Gasteiger partial charge >= 0.3 is 6.11 Å². The summed E-state index contributed by atoms with van der Waals surface area (Å²) in [5.41, 5.74) is 2.18. The van der Waals surface area contributed by atoms with Crippen LogP contribution in [-0.4, -0.2) is 6.11 Å². The fourth-order valence-electron chi connectivity index (χ4n) is 4.92. The van der Waals surface area contributed by atoms with E-state index in [-0.39, 0.29) is 18.9 Å². The van der Waals surface area contributed by atoms with Gasteiger partial charge in [0, 0.05) is 6.42 Å². The predicted molar refractivity (Wildman–Crippen MR) is 111 cm³/mol. The summed E-state index contributed by atoms with van der Waals surface area (Å²) in [5.74, 6) is 2.11. The maximum absolute atomic E-state index is 14.3. The molecule has 0 spiro atoms. The molecule has 3 heteroatoms. The number of ether oxygens (including phenoxy) is 1. The number of rotatable bonds is 7. The average molecular weight is 391 g/mol. The largest absolute Gasteiger partial charge is 0.356 e. The van der Waals surface area contributed by atoms with E-state index in [9.17, 15) is 8.78 Å². The molecule has 1 nitrogen and oxygen atoms in total. The van der Waals surface area contributed by atoms with Gasteiger partial charge in [0.15, 0.2) is 0 Å². The maximum Gasteiger partial charge on any atom is 0.356 e. The van der Waals surface area contributed by atoms with E-state index in [1.807, 2.05) is 19.1 Å². The smallest absolute Gasteiger partial charge is 0.316 e. The lowest BCUT2D eigenvalue weighted by Crippen LogP contribution is -2.26. The van der Waals surface area contributed by atoms with Crippen molar-refractivity contribution in [2.24, 2.45) is 17.8 Å². The molecule has 0 bridgehead atoms. The topological polar surface area (TPSA) is 9.23 Å². The summed E-state index contributed by atoms with van der Waals surface area (Å²) in [6, 6.07) is 8.15. The highest BCUT2D eigenvalue weighted by atomic mass is 19.3. The molecule has 0 unspecified atom stereocenters. The summed E-state index contributed by atoms with van der Waals surface area (Å²) in [6.45, 7) is 4.34. The van der Waals surface area contributed by atoms with Crippen LogP contribution in [0, 0.1) is 17.8 Å². The molecule has 1 aromatic carbocycles. The van der Waals surface area contributed by atoms with Crippen LogP contribution < -0.4 is 0 Å². The molecule has 0 aromatic heterocycles. The van der Waals surface area contributed by atoms with Gasteiger partial charge in [0.2, 0.25) is 0 Å². The normalized spacial score (nSPS) is 29.3. The zero-order valence-corrected chi connectivity index (χ0v) is 17.5. The van der Waals surface area contributed by atoms with Crippen LogP contribution >= 0.6 is 0 Å². The van der Waals surface area contributed by atoms with Crippen LogP contribution in [0.4, 0.5) is 8.78 Å². The Morgan fingerprint density at radius 2 is 1.61 bits per heavy atom. The molecule has 3 rings (SSSR count). The van der Waals surface area contributed by atoms with Crippen LogP contribution in [0.1, 0.15) is 88.7 Å². The quantitative estimate of drug-likeness (QED) is 0.430. The number of hydrogen-bond acceptors (Lipinski definition) is 1. The first-order valence-corrected chi connectivity index (χ1v) is 11.2. The zero-order chi connectivity index (χ0) is 20.0. The minimum atomic E-state index is -3.03. The second-order valence-corrected chi connectivity index (χ2v) is 9.14. The highest BCUT2D eigenvalue weighted by molar-refractivity contribution is 5.25. The third-order valence-corrected chi connectivity index (χ3v) is 6.80. The number of hydrogen-bond donors (Lipinski definition) is 0. The van der Waals surface area contributed by atoms with E-state index < -0.39 is 6.11 Å². The molecular weight excluding hydrogens is 354 g/mol. The first kappa shape index (κ1) is 21.5. The summed E-state index contributed by atoms with van der Waals surface area (Å²) in [5, 5.41) is 0. The molecule has 0 saturated heterocycles. The number of alkyl halides is 2. The highest BCUT2D eigenvalue weighted by Crippen LogP contribution is 2.38. The minimum absolute atomic E-state index is 0.0110. The van der Waals surface area contributed by atoms with Gasteiger partial charge in [-0.3, -0.25) is 0 Å². The van der Waals surface area contributed by atoms with Crippen molar-refractivity contribution in [1.29, 1.82) is 0 Å². The van der Waals surface area contributed by atoms with Gasteiger partial charge in [0.1, 0.15) is 0 Å². The Kier molecular flexibility index (Phi) is 7.68. The highest BCUT2D eigenvalue weighted by Gasteiger charge is 2.35. The van der Waals surface area contributed by atoms with Gasteiger partial charge in [-0.05, 0) is 80.2 Å². The average Bonchev–Trinajstić information content (AvgIpc) is 2.69. The monoisotopic (exact) mass is 390 g/mol. The summed E-state index contributed by atoms with van der Waals surface area (Å²) >= 11 is 0. The summed E-state index contributed by atoms with van der Waals surface area (Å²) in [7, 11) is 0. The lowest BCUT2D eigenvalue weighted by Gasteiger charge is -2.29. The Morgan fingerprint density at radius 1 is 0.964 bits per heavy atom. The lowest BCUT2D eigenvalue weighted by atomic mass is 9.79. The van der Waals surface area contributed by atoms with Gasteiger partial charge in [-0.2, -0.15) is 8.78 Å². The van der Waals surface area contributed by atoms with Crippen molar-refractivity contribution in [3.63, 3.8) is 0 Å². The van der Waals surface area contributed by atoms with E-state index in [1.54, 1.807) is 0 Å². The van der Waals surface area contributed by atoms with Crippen molar-refractivity contribution in [3.05, 3.63) is 47.5 Å². The van der Waals surface area contributed by atoms with Gasteiger partial charge in [-0.15, -0.1) is 0 Å². The first-order chi connectivity index (χ1) is 13.4. The van der Waals surface area contributed by atoms with E-state index in [0.29, 0.717) is 11.8 Å². The third-order valence-electron chi connectivity index (χ3n) is 6.80. The lowest BCUT2D eigenvalue weighted by molar-refractivity contribution is -0.256.